The van der Waals surface area contributed by atoms with Crippen LogP contribution in [0.1, 0.15) is 136 Å². The number of rotatable bonds is 23. The van der Waals surface area contributed by atoms with Gasteiger partial charge in [-0.3, -0.25) is 4.79 Å². The lowest BCUT2D eigenvalue weighted by Gasteiger charge is -2.20. The van der Waals surface area contributed by atoms with E-state index < -0.39 is 12.1 Å². The highest BCUT2D eigenvalue weighted by molar-refractivity contribution is 5.76. The molecule has 0 saturated heterocycles. The van der Waals surface area contributed by atoms with Gasteiger partial charge in [0.2, 0.25) is 5.91 Å². The van der Waals surface area contributed by atoms with Crippen LogP contribution in [0.3, 0.4) is 0 Å². The number of carbonyl (C=O) groups excluding carboxylic acids is 1. The summed E-state index contributed by atoms with van der Waals surface area (Å²) in [4.78, 5) is 12.1. The van der Waals surface area contributed by atoms with Gasteiger partial charge in [0.25, 0.3) is 0 Å². The zero-order valence-electron chi connectivity index (χ0n) is 20.8. The van der Waals surface area contributed by atoms with Crippen molar-refractivity contribution in [1.82, 2.24) is 5.32 Å². The molecule has 0 aliphatic carbocycles. The molecule has 0 bridgehead atoms. The van der Waals surface area contributed by atoms with Crippen LogP contribution in [0, 0.1) is 0 Å². The third kappa shape index (κ3) is 20.8. The molecule has 0 aromatic heterocycles. The highest BCUT2D eigenvalue weighted by atomic mass is 16.3. The number of nitrogens with one attached hydrogen (secondary N) is 1. The summed E-state index contributed by atoms with van der Waals surface area (Å²) >= 11 is 0. The first-order chi connectivity index (χ1) is 15.2. The van der Waals surface area contributed by atoms with Crippen molar-refractivity contribution in [3.05, 3.63) is 12.2 Å². The molecule has 0 rings (SSSR count). The summed E-state index contributed by atoms with van der Waals surface area (Å²) in [6.07, 6.45) is 25.6. The molecule has 184 valence electrons. The second-order valence-electron chi connectivity index (χ2n) is 9.12. The van der Waals surface area contributed by atoms with E-state index in [4.69, 9.17) is 0 Å². The van der Waals surface area contributed by atoms with Gasteiger partial charge < -0.3 is 15.5 Å². The van der Waals surface area contributed by atoms with Crippen LogP contribution in [0.4, 0.5) is 0 Å². The Labute approximate surface area is 193 Å². The molecule has 0 aromatic carbocycles. The van der Waals surface area contributed by atoms with Crippen molar-refractivity contribution in [3.63, 3.8) is 0 Å². The van der Waals surface area contributed by atoms with Crippen molar-refractivity contribution >= 4 is 5.91 Å². The first-order valence-electron chi connectivity index (χ1n) is 13.4. The molecular formula is C27H53NO3. The van der Waals surface area contributed by atoms with E-state index in [1.54, 1.807) is 6.08 Å². The Morgan fingerprint density at radius 2 is 1.19 bits per heavy atom. The Morgan fingerprint density at radius 1 is 0.742 bits per heavy atom. The fourth-order valence-corrected chi connectivity index (χ4v) is 3.88. The van der Waals surface area contributed by atoms with Crippen LogP contribution < -0.4 is 5.32 Å². The molecule has 0 unspecified atom stereocenters. The summed E-state index contributed by atoms with van der Waals surface area (Å²) in [5, 5.41) is 22.6. The van der Waals surface area contributed by atoms with Crippen molar-refractivity contribution in [3.8, 4) is 0 Å². The summed E-state index contributed by atoms with van der Waals surface area (Å²) in [6, 6.07) is -0.610. The Bertz CT molecular complexity index is 411. The topological polar surface area (TPSA) is 69.6 Å². The Hall–Kier alpha value is -0.870. The number of amides is 1. The maximum absolute atomic E-state index is 12.1. The maximum atomic E-state index is 12.1. The van der Waals surface area contributed by atoms with E-state index in [2.05, 4.69) is 19.2 Å². The molecule has 2 atom stereocenters. The number of aliphatic hydroxyl groups excluding tert-OH is 2. The van der Waals surface area contributed by atoms with Gasteiger partial charge in [-0.05, 0) is 19.3 Å². The fourth-order valence-electron chi connectivity index (χ4n) is 3.88. The van der Waals surface area contributed by atoms with Crippen molar-refractivity contribution in [2.24, 2.45) is 0 Å². The molecule has 4 nitrogen and oxygen atoms in total. The highest BCUT2D eigenvalue weighted by Crippen LogP contribution is 2.12. The average molecular weight is 440 g/mol. The third-order valence-corrected chi connectivity index (χ3v) is 6.02. The number of allylic oxidation sites excluding steroid dienone is 1. The van der Waals surface area contributed by atoms with Gasteiger partial charge in [0, 0.05) is 6.42 Å². The number of hydrogen-bond acceptors (Lipinski definition) is 3. The predicted molar refractivity (Wildman–Crippen MR) is 133 cm³/mol. The summed E-state index contributed by atoms with van der Waals surface area (Å²) in [7, 11) is 0. The van der Waals surface area contributed by atoms with Gasteiger partial charge in [-0.2, -0.15) is 0 Å². The first kappa shape index (κ1) is 30.1. The van der Waals surface area contributed by atoms with E-state index in [-0.39, 0.29) is 12.5 Å². The van der Waals surface area contributed by atoms with Gasteiger partial charge in [-0.1, -0.05) is 122 Å². The molecule has 0 aliphatic rings. The number of hydrogen-bond donors (Lipinski definition) is 3. The Balaban J connectivity index is 3.73. The van der Waals surface area contributed by atoms with E-state index >= 15 is 0 Å². The highest BCUT2D eigenvalue weighted by Gasteiger charge is 2.17. The molecular weight excluding hydrogens is 386 g/mol. The molecule has 1 amide bonds. The van der Waals surface area contributed by atoms with Crippen molar-refractivity contribution in [1.29, 1.82) is 0 Å². The maximum Gasteiger partial charge on any atom is 0.220 e. The molecule has 0 heterocycles. The minimum atomic E-state index is -0.828. The number of aliphatic hydroxyl groups is 2. The second kappa shape index (κ2) is 23.8. The monoisotopic (exact) mass is 439 g/mol. The van der Waals surface area contributed by atoms with Gasteiger partial charge in [0.15, 0.2) is 0 Å². The Morgan fingerprint density at radius 3 is 1.68 bits per heavy atom. The molecule has 0 saturated carbocycles. The lowest BCUT2D eigenvalue weighted by Crippen LogP contribution is -2.45. The second-order valence-corrected chi connectivity index (χ2v) is 9.12. The standard InChI is InChI=1S/C27H53NO3/c1-3-5-7-9-11-13-15-17-19-21-23-27(31)28-25(24-29)26(30)22-20-18-16-14-12-10-8-6-4-2/h20,22,25-26,29-30H,3-19,21,23-24H2,1-2H3,(H,28,31)/b22-20+/t25-,26+/m0/s1. The summed E-state index contributed by atoms with van der Waals surface area (Å²) in [5.41, 5.74) is 0. The van der Waals surface area contributed by atoms with Crippen LogP contribution in [-0.2, 0) is 4.79 Å². The predicted octanol–water partition coefficient (Wildman–Crippen LogP) is 6.83. The van der Waals surface area contributed by atoms with Gasteiger partial charge >= 0.3 is 0 Å². The van der Waals surface area contributed by atoms with E-state index in [0.29, 0.717) is 6.42 Å². The van der Waals surface area contributed by atoms with E-state index in [0.717, 1.165) is 25.7 Å². The molecule has 31 heavy (non-hydrogen) atoms. The fraction of sp³-hybridized carbons (Fsp3) is 0.889. The smallest absolute Gasteiger partial charge is 0.220 e. The van der Waals surface area contributed by atoms with Crippen LogP contribution in [0.5, 0.6) is 0 Å². The van der Waals surface area contributed by atoms with Crippen molar-refractivity contribution in [2.75, 3.05) is 6.61 Å². The molecule has 0 spiro atoms. The molecule has 0 radical (unpaired) electrons. The molecule has 0 aliphatic heterocycles. The average Bonchev–Trinajstić information content (AvgIpc) is 2.77. The van der Waals surface area contributed by atoms with Gasteiger partial charge in [0.05, 0.1) is 18.8 Å². The van der Waals surface area contributed by atoms with E-state index in [1.165, 1.54) is 89.9 Å². The lowest BCUT2D eigenvalue weighted by molar-refractivity contribution is -0.123. The van der Waals surface area contributed by atoms with Gasteiger partial charge in [-0.15, -0.1) is 0 Å². The van der Waals surface area contributed by atoms with Crippen molar-refractivity contribution in [2.45, 2.75) is 148 Å². The molecule has 0 fully saturated rings. The van der Waals surface area contributed by atoms with Gasteiger partial charge in [-0.25, -0.2) is 0 Å². The minimum Gasteiger partial charge on any atom is -0.394 e. The SMILES string of the molecule is CCCCCCCCC/C=C/[C@@H](O)[C@H](CO)NC(=O)CCCCCCCCCCCC. The van der Waals surface area contributed by atoms with E-state index in [1.807, 2.05) is 6.08 Å². The summed E-state index contributed by atoms with van der Waals surface area (Å²) in [6.45, 7) is 4.23. The van der Waals surface area contributed by atoms with Crippen LogP contribution in [0.25, 0.3) is 0 Å². The van der Waals surface area contributed by atoms with Crippen LogP contribution >= 0.6 is 0 Å². The van der Waals surface area contributed by atoms with E-state index in [9.17, 15) is 15.0 Å². The lowest BCUT2D eigenvalue weighted by atomic mass is 10.1. The van der Waals surface area contributed by atoms with Crippen LogP contribution in [-0.4, -0.2) is 34.9 Å². The van der Waals surface area contributed by atoms with Crippen LogP contribution in [0.2, 0.25) is 0 Å². The number of unbranched alkanes of at least 4 members (excludes halogenated alkanes) is 16. The molecule has 4 heteroatoms. The quantitative estimate of drug-likeness (QED) is 0.121. The zero-order valence-corrected chi connectivity index (χ0v) is 20.8. The summed E-state index contributed by atoms with van der Waals surface area (Å²) < 4.78 is 0. The zero-order chi connectivity index (χ0) is 23.0. The summed E-state index contributed by atoms with van der Waals surface area (Å²) in [5.74, 6) is -0.0712. The van der Waals surface area contributed by atoms with Gasteiger partial charge in [0.1, 0.15) is 0 Å². The molecule has 3 N–H and O–H groups in total. The first-order valence-corrected chi connectivity index (χ1v) is 13.4. The number of carbonyl (C=O) groups is 1. The minimum absolute atomic E-state index is 0.0712. The van der Waals surface area contributed by atoms with Crippen LogP contribution in [0.15, 0.2) is 12.2 Å². The largest absolute Gasteiger partial charge is 0.394 e. The molecule has 0 aromatic rings. The normalized spacial score (nSPS) is 13.5. The Kier molecular flexibility index (Phi) is 23.1. The third-order valence-electron chi connectivity index (χ3n) is 6.02. The van der Waals surface area contributed by atoms with Crippen molar-refractivity contribution < 1.29 is 15.0 Å².